The SMILES string of the molecule is COCCOCCOCCOCCOCCOCCOCCOCCOCCOCCOCCOCCN(CCCCCC(=O)On1c(O)ccc1O)C(=O)c1cc2cc(F)c(N)c(F)c2oc1=O. The highest BCUT2D eigenvalue weighted by atomic mass is 19.1. The molecule has 24 heteroatoms. The maximum atomic E-state index is 14.5. The standard InChI is InChI=1S/C45H69F2N3O19/c1-56-11-12-58-15-16-60-19-20-62-23-24-64-27-28-66-31-32-67-30-29-65-26-25-63-22-21-61-18-17-59-14-13-57-10-9-49(8-4-2-3-5-40(53)69-50-38(51)6-7-39(50)52)44(54)36-33-35-34-37(46)42(48)41(47)43(35)68-45(36)55/h6-7,33-34,51-52H,2-5,8-32,48H2,1H3. The van der Waals surface area contributed by atoms with Crippen molar-refractivity contribution in [2.75, 3.05) is 178 Å². The number of amides is 1. The molecule has 2 aromatic heterocycles. The lowest BCUT2D eigenvalue weighted by atomic mass is 10.1. The highest BCUT2D eigenvalue weighted by Crippen LogP contribution is 2.26. The van der Waals surface area contributed by atoms with E-state index in [4.69, 9.17) is 71.8 Å². The number of nitrogen functional groups attached to an aromatic ring is 1. The van der Waals surface area contributed by atoms with E-state index in [2.05, 4.69) is 0 Å². The Bertz CT molecular complexity index is 1890. The van der Waals surface area contributed by atoms with Crippen LogP contribution in [0.1, 0.15) is 36.0 Å². The van der Waals surface area contributed by atoms with Gasteiger partial charge in [0.15, 0.2) is 11.4 Å². The van der Waals surface area contributed by atoms with Crippen molar-refractivity contribution in [3.63, 3.8) is 0 Å². The number of ether oxygens (including phenoxy) is 12. The van der Waals surface area contributed by atoms with Crippen molar-refractivity contribution in [3.05, 3.63) is 51.9 Å². The van der Waals surface area contributed by atoms with Gasteiger partial charge in [-0.3, -0.25) is 4.79 Å². The van der Waals surface area contributed by atoms with Crippen LogP contribution in [0.15, 0.2) is 33.5 Å². The van der Waals surface area contributed by atoms with Crippen molar-refractivity contribution in [1.82, 2.24) is 9.63 Å². The first-order chi connectivity index (χ1) is 33.6. The fourth-order valence-corrected chi connectivity index (χ4v) is 5.85. The number of halogens is 2. The normalized spacial score (nSPS) is 11.5. The van der Waals surface area contributed by atoms with Gasteiger partial charge < -0.3 is 86.9 Å². The lowest BCUT2D eigenvalue weighted by molar-refractivity contribution is -0.145. The van der Waals surface area contributed by atoms with Crippen LogP contribution in [0.5, 0.6) is 11.8 Å². The molecule has 0 aliphatic rings. The monoisotopic (exact) mass is 993 g/mol. The molecule has 0 unspecified atom stereocenters. The predicted molar refractivity (Wildman–Crippen MR) is 241 cm³/mol. The van der Waals surface area contributed by atoms with E-state index in [0.717, 1.165) is 24.3 Å². The third-order valence-electron chi connectivity index (χ3n) is 9.43. The molecule has 0 radical (unpaired) electrons. The number of rotatable bonds is 44. The molecule has 4 N–H and O–H groups in total. The molecule has 3 aromatic rings. The number of benzene rings is 1. The highest BCUT2D eigenvalue weighted by Gasteiger charge is 2.23. The number of nitrogens with two attached hydrogens (primary N) is 1. The summed E-state index contributed by atoms with van der Waals surface area (Å²) in [5, 5.41) is 19.2. The molecule has 0 aliphatic carbocycles. The number of anilines is 1. The van der Waals surface area contributed by atoms with Crippen molar-refractivity contribution in [3.8, 4) is 11.8 Å². The zero-order chi connectivity index (χ0) is 49.7. The van der Waals surface area contributed by atoms with Gasteiger partial charge in [-0.25, -0.2) is 18.4 Å². The van der Waals surface area contributed by atoms with Gasteiger partial charge in [0.1, 0.15) is 17.1 Å². The first-order valence-corrected chi connectivity index (χ1v) is 22.8. The van der Waals surface area contributed by atoms with E-state index in [-0.39, 0.29) is 44.7 Å². The van der Waals surface area contributed by atoms with E-state index in [1.165, 1.54) is 4.90 Å². The summed E-state index contributed by atoms with van der Waals surface area (Å²) in [4.78, 5) is 44.8. The van der Waals surface area contributed by atoms with E-state index in [9.17, 15) is 33.4 Å². The van der Waals surface area contributed by atoms with Gasteiger partial charge in [0.05, 0.1) is 152 Å². The van der Waals surface area contributed by atoms with E-state index < -0.39 is 57.7 Å². The fraction of sp³-hybridized carbons (Fsp3) is 0.667. The van der Waals surface area contributed by atoms with Gasteiger partial charge in [-0.05, 0) is 25.0 Å². The molecule has 1 aromatic carbocycles. The average molecular weight is 994 g/mol. The molecule has 0 atom stereocenters. The molecule has 1 amide bonds. The summed E-state index contributed by atoms with van der Waals surface area (Å²) in [6.07, 6.45) is 1.10. The van der Waals surface area contributed by atoms with Crippen LogP contribution in [0.4, 0.5) is 14.5 Å². The molecular formula is C45H69F2N3O19. The first kappa shape index (κ1) is 58.7. The lowest BCUT2D eigenvalue weighted by Crippen LogP contribution is -2.37. The number of methoxy groups -OCH3 is 1. The van der Waals surface area contributed by atoms with Gasteiger partial charge in [-0.2, -0.15) is 0 Å². The smallest absolute Gasteiger partial charge is 0.349 e. The van der Waals surface area contributed by atoms with Crippen molar-refractivity contribution in [2.45, 2.75) is 25.7 Å². The molecule has 0 saturated carbocycles. The van der Waals surface area contributed by atoms with Crippen LogP contribution < -0.4 is 16.2 Å². The van der Waals surface area contributed by atoms with Crippen LogP contribution in [0.3, 0.4) is 0 Å². The third kappa shape index (κ3) is 25.2. The lowest BCUT2D eigenvalue weighted by Gasteiger charge is -2.22. The number of fused-ring (bicyclic) bond motifs is 1. The number of hydrogen-bond acceptors (Lipinski definition) is 20. The molecule has 392 valence electrons. The largest absolute Gasteiger partial charge is 0.492 e. The number of hydrogen-bond donors (Lipinski definition) is 3. The molecule has 3 rings (SSSR count). The molecule has 0 bridgehead atoms. The average Bonchev–Trinajstić information content (AvgIpc) is 3.65. The maximum Gasteiger partial charge on any atom is 0.349 e. The minimum absolute atomic E-state index is 0.0358. The second kappa shape index (κ2) is 37.3. The van der Waals surface area contributed by atoms with E-state index in [0.29, 0.717) is 156 Å². The van der Waals surface area contributed by atoms with Crippen LogP contribution >= 0.6 is 0 Å². The molecule has 0 spiro atoms. The summed E-state index contributed by atoms with van der Waals surface area (Å²) in [5.74, 6) is -4.70. The summed E-state index contributed by atoms with van der Waals surface area (Å²) in [6, 6.07) is 4.22. The van der Waals surface area contributed by atoms with Crippen LogP contribution in [0.2, 0.25) is 0 Å². The zero-order valence-electron chi connectivity index (χ0n) is 39.4. The van der Waals surface area contributed by atoms with Crippen molar-refractivity contribution >= 4 is 28.5 Å². The molecule has 0 saturated heterocycles. The van der Waals surface area contributed by atoms with Gasteiger partial charge >= 0.3 is 11.6 Å². The topological polar surface area (TPSA) is 259 Å². The number of aromatic nitrogens is 1. The summed E-state index contributed by atoms with van der Waals surface area (Å²) < 4.78 is 99.5. The van der Waals surface area contributed by atoms with Crippen LogP contribution in [0.25, 0.3) is 11.0 Å². The minimum Gasteiger partial charge on any atom is -0.492 e. The third-order valence-corrected chi connectivity index (χ3v) is 9.43. The number of aromatic hydroxyl groups is 2. The Balaban J connectivity index is 1.15. The molecule has 0 fully saturated rings. The van der Waals surface area contributed by atoms with E-state index >= 15 is 0 Å². The Kier molecular flexibility index (Phi) is 31.7. The predicted octanol–water partition coefficient (Wildman–Crippen LogP) is 2.35. The summed E-state index contributed by atoms with van der Waals surface area (Å²) in [7, 11) is 1.63. The minimum atomic E-state index is -1.25. The Labute approximate surface area is 399 Å². The second-order valence-electron chi connectivity index (χ2n) is 14.6. The van der Waals surface area contributed by atoms with Gasteiger partial charge in [-0.1, -0.05) is 6.42 Å². The number of carbonyl (C=O) groups excluding carboxylic acids is 2. The Morgan fingerprint density at radius 1 is 0.594 bits per heavy atom. The van der Waals surface area contributed by atoms with Crippen LogP contribution in [-0.2, 0) is 61.6 Å². The second-order valence-corrected chi connectivity index (χ2v) is 14.6. The van der Waals surface area contributed by atoms with Gasteiger partial charge in [0.2, 0.25) is 11.8 Å². The van der Waals surface area contributed by atoms with Gasteiger partial charge in [-0.15, -0.1) is 4.73 Å². The molecule has 2 heterocycles. The van der Waals surface area contributed by atoms with Gasteiger partial charge in [0, 0.05) is 44.1 Å². The van der Waals surface area contributed by atoms with Crippen molar-refractivity contribution in [1.29, 1.82) is 0 Å². The molecule has 22 nitrogen and oxygen atoms in total. The summed E-state index contributed by atoms with van der Waals surface area (Å²) >= 11 is 0. The van der Waals surface area contributed by atoms with Crippen molar-refractivity contribution < 1.29 is 94.7 Å². The number of carbonyl (C=O) groups is 2. The zero-order valence-corrected chi connectivity index (χ0v) is 39.4. The summed E-state index contributed by atoms with van der Waals surface area (Å²) in [5.41, 5.74) is 2.40. The number of unbranched alkanes of at least 4 members (excludes halogenated alkanes) is 2. The first-order valence-electron chi connectivity index (χ1n) is 22.8. The Hall–Kier alpha value is -4.57. The van der Waals surface area contributed by atoms with Crippen LogP contribution in [0, 0.1) is 11.6 Å². The van der Waals surface area contributed by atoms with E-state index in [1.54, 1.807) is 7.11 Å². The molecular weight excluding hydrogens is 924 g/mol. The van der Waals surface area contributed by atoms with Crippen molar-refractivity contribution in [2.24, 2.45) is 0 Å². The van der Waals surface area contributed by atoms with Gasteiger partial charge in [0.25, 0.3) is 5.91 Å². The maximum absolute atomic E-state index is 14.5. The quantitative estimate of drug-likeness (QED) is 0.0417. The van der Waals surface area contributed by atoms with Crippen LogP contribution in [-0.4, -0.2) is 204 Å². The Morgan fingerprint density at radius 2 is 1.00 bits per heavy atom. The molecule has 69 heavy (non-hydrogen) atoms. The number of nitrogens with zero attached hydrogens (tertiary/aromatic N) is 2. The van der Waals surface area contributed by atoms with E-state index in [1.807, 2.05) is 0 Å². The fourth-order valence-electron chi connectivity index (χ4n) is 5.85. The highest BCUT2D eigenvalue weighted by molar-refractivity contribution is 5.97. The Morgan fingerprint density at radius 3 is 1.42 bits per heavy atom. The summed E-state index contributed by atoms with van der Waals surface area (Å²) in [6.45, 7) is 9.70. The molecule has 0 aliphatic heterocycles.